The van der Waals surface area contributed by atoms with Crippen LogP contribution in [0.25, 0.3) is 0 Å². The van der Waals surface area contributed by atoms with Gasteiger partial charge in [-0.15, -0.1) is 0 Å². The van der Waals surface area contributed by atoms with Crippen LogP contribution in [0.4, 0.5) is 30.4 Å². The van der Waals surface area contributed by atoms with E-state index < -0.39 is 17.3 Å². The van der Waals surface area contributed by atoms with Gasteiger partial charge in [0.05, 0.1) is 40.9 Å². The van der Waals surface area contributed by atoms with Crippen LogP contribution in [-0.4, -0.2) is 41.4 Å². The van der Waals surface area contributed by atoms with Crippen molar-refractivity contribution in [1.29, 1.82) is 0 Å². The van der Waals surface area contributed by atoms with E-state index in [2.05, 4.69) is 41.8 Å². The van der Waals surface area contributed by atoms with E-state index in [1.165, 1.54) is 24.5 Å². The molecule has 1 saturated carbocycles. The van der Waals surface area contributed by atoms with Crippen molar-refractivity contribution in [2.45, 2.75) is 31.1 Å². The topological polar surface area (TPSA) is 99.2 Å². The summed E-state index contributed by atoms with van der Waals surface area (Å²) >= 11 is 3.06. The SMILES string of the molecule is CN(C)c1ccc(C(=O)NC2(C(=O)NCc3ccc(Nc4ccc(Br)cc4C(F)(F)F)cn3)CC2)cn1. The van der Waals surface area contributed by atoms with Crippen LogP contribution >= 0.6 is 15.9 Å². The number of alkyl halides is 3. The normalized spacial score (nSPS) is 14.0. The first-order valence-corrected chi connectivity index (χ1v) is 12.1. The highest BCUT2D eigenvalue weighted by Gasteiger charge is 2.51. The zero-order valence-corrected chi connectivity index (χ0v) is 21.6. The molecule has 2 aromatic heterocycles. The Morgan fingerprint density at radius 2 is 1.81 bits per heavy atom. The molecule has 0 radical (unpaired) electrons. The lowest BCUT2D eigenvalue weighted by Gasteiger charge is -2.18. The van der Waals surface area contributed by atoms with Gasteiger partial charge < -0.3 is 20.9 Å². The van der Waals surface area contributed by atoms with Crippen molar-refractivity contribution < 1.29 is 22.8 Å². The van der Waals surface area contributed by atoms with E-state index in [0.717, 1.165) is 6.07 Å². The molecule has 8 nitrogen and oxygen atoms in total. The van der Waals surface area contributed by atoms with Gasteiger partial charge in [0, 0.05) is 24.8 Å². The van der Waals surface area contributed by atoms with Gasteiger partial charge >= 0.3 is 6.18 Å². The first-order chi connectivity index (χ1) is 17.5. The number of benzene rings is 1. The van der Waals surface area contributed by atoms with Gasteiger partial charge in [0.25, 0.3) is 5.91 Å². The van der Waals surface area contributed by atoms with Gasteiger partial charge in [0.1, 0.15) is 11.4 Å². The van der Waals surface area contributed by atoms with E-state index in [-0.39, 0.29) is 24.0 Å². The van der Waals surface area contributed by atoms with Crippen LogP contribution in [0.3, 0.4) is 0 Å². The van der Waals surface area contributed by atoms with Crippen molar-refractivity contribution in [3.63, 3.8) is 0 Å². The number of hydrogen-bond donors (Lipinski definition) is 3. The quantitative estimate of drug-likeness (QED) is 0.361. The van der Waals surface area contributed by atoms with E-state index in [9.17, 15) is 22.8 Å². The number of carbonyl (C=O) groups is 2. The van der Waals surface area contributed by atoms with Crippen LogP contribution in [0.5, 0.6) is 0 Å². The molecule has 2 amide bonds. The number of nitrogens with zero attached hydrogens (tertiary/aromatic N) is 3. The number of anilines is 3. The van der Waals surface area contributed by atoms with Gasteiger partial charge in [-0.1, -0.05) is 15.9 Å². The Morgan fingerprint density at radius 1 is 1.05 bits per heavy atom. The molecule has 2 heterocycles. The number of rotatable bonds is 8. The van der Waals surface area contributed by atoms with Crippen molar-refractivity contribution in [1.82, 2.24) is 20.6 Å². The molecule has 0 saturated heterocycles. The number of amides is 2. The second-order valence-electron chi connectivity index (χ2n) is 8.87. The first kappa shape index (κ1) is 26.4. The molecule has 1 aliphatic rings. The summed E-state index contributed by atoms with van der Waals surface area (Å²) in [7, 11) is 3.69. The Hall–Kier alpha value is -3.67. The number of pyridine rings is 2. The molecule has 0 unspecified atom stereocenters. The van der Waals surface area contributed by atoms with Crippen LogP contribution in [0.1, 0.15) is 34.5 Å². The standard InChI is InChI=1S/C25H24BrF3N6O2/c1-35(2)21-8-3-15(12-31-21)22(36)34-24(9-10-24)23(37)32-13-17-5-6-18(14-30-17)33-20-7-4-16(26)11-19(20)25(27,28)29/h3-8,11-12,14,33H,9-10,13H2,1-2H3,(H,32,37)(H,34,36). The Kier molecular flexibility index (Phi) is 7.39. The van der Waals surface area contributed by atoms with Crippen LogP contribution in [-0.2, 0) is 17.5 Å². The van der Waals surface area contributed by atoms with Gasteiger partial charge in [-0.3, -0.25) is 14.6 Å². The van der Waals surface area contributed by atoms with E-state index in [0.29, 0.717) is 40.1 Å². The Morgan fingerprint density at radius 3 is 2.38 bits per heavy atom. The third-order valence-electron chi connectivity index (χ3n) is 5.83. The number of carbonyl (C=O) groups excluding carboxylic acids is 2. The molecular weight excluding hydrogens is 553 g/mol. The van der Waals surface area contributed by atoms with Crippen molar-refractivity contribution in [2.75, 3.05) is 24.3 Å². The predicted octanol–water partition coefficient (Wildman–Crippen LogP) is 4.65. The number of aromatic nitrogens is 2. The van der Waals surface area contributed by atoms with E-state index in [1.807, 2.05) is 19.0 Å². The molecule has 3 aromatic rings. The lowest BCUT2D eigenvalue weighted by atomic mass is 10.1. The molecule has 1 aromatic carbocycles. The summed E-state index contributed by atoms with van der Waals surface area (Å²) in [6.07, 6.45) is -0.644. The predicted molar refractivity (Wildman–Crippen MR) is 137 cm³/mol. The van der Waals surface area contributed by atoms with Gasteiger partial charge in [0.15, 0.2) is 0 Å². The summed E-state index contributed by atoms with van der Waals surface area (Å²) < 4.78 is 40.4. The molecule has 3 N–H and O–H groups in total. The summed E-state index contributed by atoms with van der Waals surface area (Å²) in [5.41, 5.74) is -0.655. The van der Waals surface area contributed by atoms with Gasteiger partial charge in [-0.2, -0.15) is 13.2 Å². The van der Waals surface area contributed by atoms with Gasteiger partial charge in [-0.05, 0) is 55.3 Å². The summed E-state index contributed by atoms with van der Waals surface area (Å²) in [6.45, 7) is 0.0991. The average molecular weight is 577 g/mol. The highest BCUT2D eigenvalue weighted by molar-refractivity contribution is 9.10. The zero-order valence-electron chi connectivity index (χ0n) is 20.0. The summed E-state index contributed by atoms with van der Waals surface area (Å²) in [5.74, 6) is -0.000593. The second kappa shape index (κ2) is 10.4. The Balaban J connectivity index is 1.33. The fourth-order valence-corrected chi connectivity index (χ4v) is 3.93. The van der Waals surface area contributed by atoms with Crippen molar-refractivity contribution in [3.8, 4) is 0 Å². The fraction of sp³-hybridized carbons (Fsp3) is 0.280. The monoisotopic (exact) mass is 576 g/mol. The molecule has 4 rings (SSSR count). The Labute approximate surface area is 219 Å². The maximum Gasteiger partial charge on any atom is 0.418 e. The fourth-order valence-electron chi connectivity index (χ4n) is 3.57. The van der Waals surface area contributed by atoms with E-state index in [4.69, 9.17) is 0 Å². The van der Waals surface area contributed by atoms with Crippen molar-refractivity contribution >= 4 is 44.9 Å². The molecule has 12 heteroatoms. The summed E-state index contributed by atoms with van der Waals surface area (Å²) in [5, 5.41) is 8.30. The summed E-state index contributed by atoms with van der Waals surface area (Å²) in [6, 6.07) is 10.4. The summed E-state index contributed by atoms with van der Waals surface area (Å²) in [4.78, 5) is 35.6. The smallest absolute Gasteiger partial charge is 0.363 e. The number of halogens is 4. The molecule has 0 atom stereocenters. The molecule has 194 valence electrons. The minimum absolute atomic E-state index is 0.0991. The molecule has 0 spiro atoms. The van der Waals surface area contributed by atoms with Crippen molar-refractivity contribution in [3.05, 3.63) is 76.2 Å². The second-order valence-corrected chi connectivity index (χ2v) is 9.78. The maximum absolute atomic E-state index is 13.3. The third kappa shape index (κ3) is 6.37. The van der Waals surface area contributed by atoms with Crippen molar-refractivity contribution in [2.24, 2.45) is 0 Å². The van der Waals surface area contributed by atoms with Gasteiger partial charge in [-0.25, -0.2) is 4.98 Å². The lowest BCUT2D eigenvalue weighted by molar-refractivity contribution is -0.137. The minimum atomic E-state index is -4.52. The molecule has 0 bridgehead atoms. The lowest BCUT2D eigenvalue weighted by Crippen LogP contribution is -2.48. The highest BCUT2D eigenvalue weighted by Crippen LogP contribution is 2.38. The molecule has 0 aliphatic heterocycles. The third-order valence-corrected chi connectivity index (χ3v) is 6.32. The minimum Gasteiger partial charge on any atom is -0.363 e. The maximum atomic E-state index is 13.3. The molecule has 37 heavy (non-hydrogen) atoms. The molecule has 1 fully saturated rings. The number of nitrogens with one attached hydrogen (secondary N) is 3. The largest absolute Gasteiger partial charge is 0.418 e. The van der Waals surface area contributed by atoms with Gasteiger partial charge in [0.2, 0.25) is 5.91 Å². The van der Waals surface area contributed by atoms with Crippen LogP contribution in [0.2, 0.25) is 0 Å². The first-order valence-electron chi connectivity index (χ1n) is 11.3. The average Bonchev–Trinajstić information content (AvgIpc) is 3.64. The molecular formula is C25H24BrF3N6O2. The van der Waals surface area contributed by atoms with Crippen LogP contribution in [0.15, 0.2) is 59.3 Å². The molecule has 1 aliphatic carbocycles. The number of hydrogen-bond acceptors (Lipinski definition) is 6. The highest BCUT2D eigenvalue weighted by atomic mass is 79.9. The zero-order chi connectivity index (χ0) is 26.8. The van der Waals surface area contributed by atoms with E-state index in [1.54, 1.807) is 24.3 Å². The van der Waals surface area contributed by atoms with Crippen LogP contribution < -0.4 is 20.9 Å². The Bertz CT molecular complexity index is 1290. The van der Waals surface area contributed by atoms with E-state index >= 15 is 0 Å². The van der Waals surface area contributed by atoms with Crippen LogP contribution in [0, 0.1) is 0 Å².